The van der Waals surface area contributed by atoms with E-state index in [2.05, 4.69) is 24.0 Å². The minimum atomic E-state index is 0.344. The van der Waals surface area contributed by atoms with Crippen LogP contribution in [0.1, 0.15) is 19.8 Å². The van der Waals surface area contributed by atoms with Gasteiger partial charge >= 0.3 is 0 Å². The second-order valence-electron chi connectivity index (χ2n) is 3.37. The molecule has 1 aliphatic heterocycles. The highest BCUT2D eigenvalue weighted by Crippen LogP contribution is 2.16. The Morgan fingerprint density at radius 1 is 1.67 bits per heavy atom. The van der Waals surface area contributed by atoms with Crippen molar-refractivity contribution in [1.29, 1.82) is 0 Å². The molecule has 2 nitrogen and oxygen atoms in total. The zero-order chi connectivity index (χ0) is 8.81. The molecular weight excluding hydrogens is 170 g/mol. The molecule has 72 valence electrons. The minimum Gasteiger partial charge on any atom is -0.380 e. The molecule has 0 saturated carbocycles. The van der Waals surface area contributed by atoms with Crippen LogP contribution in [0.15, 0.2) is 0 Å². The quantitative estimate of drug-likeness (QED) is 0.724. The monoisotopic (exact) mass is 189 g/mol. The second-order valence-corrected chi connectivity index (χ2v) is 4.52. The van der Waals surface area contributed by atoms with Gasteiger partial charge < -0.3 is 10.1 Å². The highest BCUT2D eigenvalue weighted by Gasteiger charge is 2.13. The van der Waals surface area contributed by atoms with Gasteiger partial charge in [-0.15, -0.1) is 0 Å². The number of thioether (sulfide) groups is 1. The van der Waals surface area contributed by atoms with Crippen LogP contribution in [0.3, 0.4) is 0 Å². The topological polar surface area (TPSA) is 21.3 Å². The van der Waals surface area contributed by atoms with Crippen LogP contribution < -0.4 is 5.32 Å². The third-order valence-electron chi connectivity index (χ3n) is 2.26. The Labute approximate surface area is 79.4 Å². The van der Waals surface area contributed by atoms with E-state index in [1.165, 1.54) is 24.3 Å². The Morgan fingerprint density at radius 2 is 2.50 bits per heavy atom. The highest BCUT2D eigenvalue weighted by atomic mass is 32.2. The molecule has 0 aromatic carbocycles. The van der Waals surface area contributed by atoms with Gasteiger partial charge in [-0.3, -0.25) is 0 Å². The molecule has 0 spiro atoms. The average Bonchev–Trinajstić information content (AvgIpc) is 2.16. The molecule has 0 amide bonds. The van der Waals surface area contributed by atoms with E-state index >= 15 is 0 Å². The maximum Gasteiger partial charge on any atom is 0.0667 e. The van der Waals surface area contributed by atoms with E-state index in [1.807, 2.05) is 0 Å². The van der Waals surface area contributed by atoms with E-state index in [4.69, 9.17) is 4.74 Å². The Morgan fingerprint density at radius 3 is 3.08 bits per heavy atom. The van der Waals surface area contributed by atoms with Gasteiger partial charge in [-0.1, -0.05) is 0 Å². The van der Waals surface area contributed by atoms with Gasteiger partial charge in [-0.2, -0.15) is 11.8 Å². The van der Waals surface area contributed by atoms with Crippen LogP contribution in [0.4, 0.5) is 0 Å². The lowest BCUT2D eigenvalue weighted by molar-refractivity contribution is 0.114. The molecule has 12 heavy (non-hydrogen) atoms. The Hall–Kier alpha value is 0.270. The predicted molar refractivity (Wildman–Crippen MR) is 54.8 cm³/mol. The van der Waals surface area contributed by atoms with Gasteiger partial charge in [0.1, 0.15) is 0 Å². The first-order valence-electron chi connectivity index (χ1n) is 4.67. The van der Waals surface area contributed by atoms with Crippen molar-refractivity contribution in [3.63, 3.8) is 0 Å². The summed E-state index contributed by atoms with van der Waals surface area (Å²) in [5.74, 6) is 2.62. The van der Waals surface area contributed by atoms with E-state index in [0.717, 1.165) is 12.6 Å². The van der Waals surface area contributed by atoms with Gasteiger partial charge in [0.25, 0.3) is 0 Å². The lowest BCUT2D eigenvalue weighted by Crippen LogP contribution is -2.38. The highest BCUT2D eigenvalue weighted by molar-refractivity contribution is 7.99. The predicted octanol–water partition coefficient (Wildman–Crippen LogP) is 1.51. The molecule has 1 rings (SSSR count). The number of rotatable bonds is 4. The summed E-state index contributed by atoms with van der Waals surface area (Å²) in [6, 6.07) is 0.723. The van der Waals surface area contributed by atoms with Crippen molar-refractivity contribution in [1.82, 2.24) is 5.32 Å². The Bertz CT molecular complexity index is 115. The molecule has 0 aliphatic carbocycles. The summed E-state index contributed by atoms with van der Waals surface area (Å²) in [7, 11) is 1.77. The van der Waals surface area contributed by atoms with Gasteiger partial charge in [-0.25, -0.2) is 0 Å². The smallest absolute Gasteiger partial charge is 0.0667 e. The van der Waals surface area contributed by atoms with E-state index in [-0.39, 0.29) is 0 Å². The maximum absolute atomic E-state index is 5.17. The first-order chi connectivity index (χ1) is 5.83. The first-order valence-corrected chi connectivity index (χ1v) is 5.82. The third-order valence-corrected chi connectivity index (χ3v) is 3.47. The lowest BCUT2D eigenvalue weighted by Gasteiger charge is -2.23. The zero-order valence-electron chi connectivity index (χ0n) is 8.01. The summed E-state index contributed by atoms with van der Waals surface area (Å²) < 4.78 is 5.17. The van der Waals surface area contributed by atoms with Crippen molar-refractivity contribution in [2.45, 2.75) is 31.9 Å². The van der Waals surface area contributed by atoms with Crippen molar-refractivity contribution in [3.8, 4) is 0 Å². The normalized spacial score (nSPS) is 27.0. The van der Waals surface area contributed by atoms with Gasteiger partial charge in [0.2, 0.25) is 0 Å². The molecule has 1 aliphatic rings. The summed E-state index contributed by atoms with van der Waals surface area (Å²) >= 11 is 2.06. The number of ether oxygens (including phenoxy) is 1. The van der Waals surface area contributed by atoms with Crippen LogP contribution in [-0.2, 0) is 4.74 Å². The largest absolute Gasteiger partial charge is 0.380 e. The number of hydrogen-bond acceptors (Lipinski definition) is 3. The molecular formula is C9H19NOS. The lowest BCUT2D eigenvalue weighted by atomic mass is 10.2. The van der Waals surface area contributed by atoms with Crippen LogP contribution in [-0.4, -0.2) is 37.3 Å². The van der Waals surface area contributed by atoms with Gasteiger partial charge in [0.15, 0.2) is 0 Å². The second kappa shape index (κ2) is 5.84. The van der Waals surface area contributed by atoms with E-state index in [9.17, 15) is 0 Å². The van der Waals surface area contributed by atoms with Crippen molar-refractivity contribution in [2.24, 2.45) is 0 Å². The molecule has 0 aromatic rings. The number of hydrogen-bond donors (Lipinski definition) is 1. The van der Waals surface area contributed by atoms with Crippen LogP contribution in [0.5, 0.6) is 0 Å². The van der Waals surface area contributed by atoms with E-state index < -0.39 is 0 Å². The fraction of sp³-hybridized carbons (Fsp3) is 1.00. The molecule has 1 saturated heterocycles. The molecule has 0 radical (unpaired) electrons. The van der Waals surface area contributed by atoms with Crippen molar-refractivity contribution < 1.29 is 4.74 Å². The molecule has 1 heterocycles. The Kier molecular flexibility index (Phi) is 5.04. The van der Waals surface area contributed by atoms with Gasteiger partial charge in [-0.05, 0) is 25.5 Å². The van der Waals surface area contributed by atoms with Crippen LogP contribution >= 0.6 is 11.8 Å². The van der Waals surface area contributed by atoms with Crippen molar-refractivity contribution in [3.05, 3.63) is 0 Å². The average molecular weight is 189 g/mol. The summed E-state index contributed by atoms with van der Waals surface area (Å²) in [6.45, 7) is 3.09. The van der Waals surface area contributed by atoms with Crippen LogP contribution in [0.2, 0.25) is 0 Å². The molecule has 2 atom stereocenters. The summed E-state index contributed by atoms with van der Waals surface area (Å²) in [4.78, 5) is 0. The molecule has 3 heteroatoms. The zero-order valence-corrected chi connectivity index (χ0v) is 8.82. The summed E-state index contributed by atoms with van der Waals surface area (Å²) in [5, 5.41) is 3.53. The van der Waals surface area contributed by atoms with Gasteiger partial charge in [0, 0.05) is 25.4 Å². The number of methoxy groups -OCH3 is 1. The minimum absolute atomic E-state index is 0.344. The third kappa shape index (κ3) is 3.78. The molecule has 0 bridgehead atoms. The van der Waals surface area contributed by atoms with Crippen molar-refractivity contribution >= 4 is 11.8 Å². The SMILES string of the molecule is COC(C)CNC1CCCSC1. The molecule has 0 aromatic heterocycles. The van der Waals surface area contributed by atoms with E-state index in [0.29, 0.717) is 6.10 Å². The molecule has 2 unspecified atom stereocenters. The van der Waals surface area contributed by atoms with Crippen LogP contribution in [0.25, 0.3) is 0 Å². The van der Waals surface area contributed by atoms with Crippen LogP contribution in [0, 0.1) is 0 Å². The van der Waals surface area contributed by atoms with E-state index in [1.54, 1.807) is 7.11 Å². The number of nitrogens with one attached hydrogen (secondary N) is 1. The van der Waals surface area contributed by atoms with Crippen molar-refractivity contribution in [2.75, 3.05) is 25.2 Å². The fourth-order valence-electron chi connectivity index (χ4n) is 1.32. The Balaban J connectivity index is 2.05. The van der Waals surface area contributed by atoms with Gasteiger partial charge in [0.05, 0.1) is 6.10 Å². The molecule has 1 N–H and O–H groups in total. The summed E-state index contributed by atoms with van der Waals surface area (Å²) in [6.07, 6.45) is 3.05. The molecule has 1 fully saturated rings. The summed E-state index contributed by atoms with van der Waals surface area (Å²) in [5.41, 5.74) is 0. The standard InChI is InChI=1S/C9H19NOS/c1-8(11-2)6-10-9-4-3-5-12-7-9/h8-10H,3-7H2,1-2H3. The maximum atomic E-state index is 5.17. The first kappa shape index (κ1) is 10.4. The fourth-order valence-corrected chi connectivity index (χ4v) is 2.42.